The van der Waals surface area contributed by atoms with Crippen molar-refractivity contribution in [2.45, 2.75) is 10.1 Å². The maximum absolute atomic E-state index is 13.2. The van der Waals surface area contributed by atoms with Crippen molar-refractivity contribution in [3.05, 3.63) is 60.9 Å². The lowest BCUT2D eigenvalue weighted by atomic mass is 10.1. The van der Waals surface area contributed by atoms with Gasteiger partial charge in [-0.25, -0.2) is 22.4 Å². The van der Waals surface area contributed by atoms with E-state index in [4.69, 9.17) is 4.74 Å². The number of pyridine rings is 1. The van der Waals surface area contributed by atoms with Crippen LogP contribution >= 0.6 is 11.8 Å². The summed E-state index contributed by atoms with van der Waals surface area (Å²) in [6.45, 7) is 0. The van der Waals surface area contributed by atoms with Crippen molar-refractivity contribution in [3.63, 3.8) is 0 Å². The molecule has 9 heteroatoms. The molecule has 0 saturated heterocycles. The van der Waals surface area contributed by atoms with Crippen LogP contribution in [0.25, 0.3) is 22.3 Å². The second-order valence-corrected chi connectivity index (χ2v) is 8.40. The van der Waals surface area contributed by atoms with Crippen molar-refractivity contribution in [1.82, 2.24) is 18.9 Å². The topological polar surface area (TPSA) is 87.0 Å². The van der Waals surface area contributed by atoms with E-state index in [-0.39, 0.29) is 4.90 Å². The van der Waals surface area contributed by atoms with Crippen LogP contribution < -0.4 is 4.74 Å². The smallest absolute Gasteiger partial charge is 0.269 e. The van der Waals surface area contributed by atoms with Crippen molar-refractivity contribution in [2.24, 2.45) is 0 Å². The van der Waals surface area contributed by atoms with Gasteiger partial charge in [0.1, 0.15) is 0 Å². The van der Waals surface area contributed by atoms with Crippen LogP contribution in [0.5, 0.6) is 5.88 Å². The van der Waals surface area contributed by atoms with E-state index in [9.17, 15) is 8.42 Å². The summed E-state index contributed by atoms with van der Waals surface area (Å²) in [6.07, 6.45) is 4.98. The number of fused-ring (bicyclic) bond motifs is 1. The summed E-state index contributed by atoms with van der Waals surface area (Å²) >= 11 is 1.38. The monoisotopic (exact) mass is 412 g/mol. The van der Waals surface area contributed by atoms with Gasteiger partial charge in [0, 0.05) is 29.4 Å². The predicted octanol–water partition coefficient (Wildman–Crippen LogP) is 3.46. The highest BCUT2D eigenvalue weighted by Gasteiger charge is 2.23. The summed E-state index contributed by atoms with van der Waals surface area (Å²) in [5.74, 6) is 0.407. The summed E-state index contributed by atoms with van der Waals surface area (Å²) in [6, 6.07) is 13.5. The molecule has 4 rings (SSSR count). The van der Waals surface area contributed by atoms with Crippen LogP contribution in [0.2, 0.25) is 0 Å². The van der Waals surface area contributed by atoms with Crippen molar-refractivity contribution in [2.75, 3.05) is 13.4 Å². The lowest BCUT2D eigenvalue weighted by Gasteiger charge is -2.06. The van der Waals surface area contributed by atoms with Gasteiger partial charge in [-0.05, 0) is 30.5 Å². The second-order valence-electron chi connectivity index (χ2n) is 5.81. The molecule has 7 nitrogen and oxygen atoms in total. The van der Waals surface area contributed by atoms with Gasteiger partial charge in [-0.1, -0.05) is 30.0 Å². The van der Waals surface area contributed by atoms with Gasteiger partial charge in [0.05, 0.1) is 17.7 Å². The summed E-state index contributed by atoms with van der Waals surface area (Å²) in [7, 11) is -2.28. The molecule has 28 heavy (non-hydrogen) atoms. The summed E-state index contributed by atoms with van der Waals surface area (Å²) in [4.78, 5) is 13.3. The molecule has 0 aliphatic carbocycles. The lowest BCUT2D eigenvalue weighted by Crippen LogP contribution is -2.12. The maximum Gasteiger partial charge on any atom is 0.269 e. The zero-order valence-electron chi connectivity index (χ0n) is 15.1. The second kappa shape index (κ2) is 7.25. The Morgan fingerprint density at radius 3 is 2.57 bits per heavy atom. The van der Waals surface area contributed by atoms with Crippen LogP contribution in [-0.2, 0) is 10.0 Å². The number of aromatic nitrogens is 4. The van der Waals surface area contributed by atoms with E-state index in [0.29, 0.717) is 33.3 Å². The highest BCUT2D eigenvalue weighted by molar-refractivity contribution is 7.98. The van der Waals surface area contributed by atoms with Crippen molar-refractivity contribution in [3.8, 4) is 17.1 Å². The minimum atomic E-state index is -3.81. The minimum absolute atomic E-state index is 0.189. The number of hydrogen-bond donors (Lipinski definition) is 0. The summed E-state index contributed by atoms with van der Waals surface area (Å²) in [5.41, 5.74) is 1.54. The van der Waals surface area contributed by atoms with Gasteiger partial charge < -0.3 is 4.74 Å². The fourth-order valence-electron chi connectivity index (χ4n) is 2.86. The third-order valence-corrected chi connectivity index (χ3v) is 6.39. The number of methoxy groups -OCH3 is 1. The number of ether oxygens (including phenoxy) is 1. The van der Waals surface area contributed by atoms with Crippen LogP contribution in [-0.4, -0.2) is 40.7 Å². The Balaban J connectivity index is 1.99. The number of nitrogens with zero attached hydrogens (tertiary/aromatic N) is 4. The molecular weight excluding hydrogens is 396 g/mol. The molecule has 3 heterocycles. The normalized spacial score (nSPS) is 11.6. The molecule has 0 radical (unpaired) electrons. The largest absolute Gasteiger partial charge is 0.481 e. The Morgan fingerprint density at radius 2 is 1.86 bits per heavy atom. The molecule has 0 spiro atoms. The first-order valence-corrected chi connectivity index (χ1v) is 10.9. The molecule has 0 atom stereocenters. The number of benzene rings is 1. The molecule has 3 aromatic heterocycles. The Bertz CT molecular complexity index is 1230. The molecule has 0 aliphatic rings. The van der Waals surface area contributed by atoms with Gasteiger partial charge in [-0.2, -0.15) is 4.98 Å². The predicted molar refractivity (Wildman–Crippen MR) is 108 cm³/mol. The number of thioether (sulfide) groups is 1. The van der Waals surface area contributed by atoms with Gasteiger partial charge in [-0.3, -0.25) is 0 Å². The quantitative estimate of drug-likeness (QED) is 0.366. The fraction of sp³-hybridized carbons (Fsp3) is 0.105. The zero-order valence-corrected chi connectivity index (χ0v) is 16.7. The molecule has 0 N–H and O–H groups in total. The van der Waals surface area contributed by atoms with Gasteiger partial charge in [-0.15, -0.1) is 0 Å². The Kier molecular flexibility index (Phi) is 4.78. The standard InChI is InChI=1S/C19H16N4O3S2/c1-26-17-11-16(21-19(22-17)27-2)15-12-23(18-14(15)9-6-10-20-18)28(24,25)13-7-4-3-5-8-13/h3-12H,1-2H3. The van der Waals surface area contributed by atoms with Crippen LogP contribution in [0.1, 0.15) is 0 Å². The van der Waals surface area contributed by atoms with E-state index >= 15 is 0 Å². The Hall–Kier alpha value is -2.91. The summed E-state index contributed by atoms with van der Waals surface area (Å²) < 4.78 is 32.9. The third kappa shape index (κ3) is 3.12. The molecule has 0 amide bonds. The van der Waals surface area contributed by atoms with Crippen molar-refractivity contribution >= 4 is 32.8 Å². The molecular formula is C19H16N4O3S2. The molecule has 0 saturated carbocycles. The van der Waals surface area contributed by atoms with Gasteiger partial charge >= 0.3 is 0 Å². The van der Waals surface area contributed by atoms with Gasteiger partial charge in [0.2, 0.25) is 5.88 Å². The van der Waals surface area contributed by atoms with E-state index in [1.165, 1.54) is 22.8 Å². The molecule has 0 aliphatic heterocycles. The number of hydrogen-bond acceptors (Lipinski definition) is 7. The van der Waals surface area contributed by atoms with Crippen molar-refractivity contribution in [1.29, 1.82) is 0 Å². The number of rotatable bonds is 5. The highest BCUT2D eigenvalue weighted by Crippen LogP contribution is 2.33. The maximum atomic E-state index is 13.2. The Morgan fingerprint density at radius 1 is 1.07 bits per heavy atom. The van der Waals surface area contributed by atoms with Crippen LogP contribution in [0.4, 0.5) is 0 Å². The Labute approximate surface area is 166 Å². The first kappa shape index (κ1) is 18.5. The molecule has 4 aromatic rings. The molecule has 0 unspecified atom stereocenters. The third-order valence-electron chi connectivity index (χ3n) is 4.18. The van der Waals surface area contributed by atoms with E-state index < -0.39 is 10.0 Å². The average Bonchev–Trinajstić information content (AvgIpc) is 3.14. The average molecular weight is 412 g/mol. The van der Waals surface area contributed by atoms with Crippen LogP contribution in [0.15, 0.2) is 71.0 Å². The van der Waals surface area contributed by atoms with E-state index in [0.717, 1.165) is 0 Å². The molecule has 142 valence electrons. The minimum Gasteiger partial charge on any atom is -0.481 e. The van der Waals surface area contributed by atoms with Crippen molar-refractivity contribution < 1.29 is 13.2 Å². The van der Waals surface area contributed by atoms with Gasteiger partial charge in [0.25, 0.3) is 10.0 Å². The van der Waals surface area contributed by atoms with E-state index in [1.54, 1.807) is 54.9 Å². The molecule has 0 fully saturated rings. The van der Waals surface area contributed by atoms with E-state index in [2.05, 4.69) is 15.0 Å². The summed E-state index contributed by atoms with van der Waals surface area (Å²) in [5, 5.41) is 1.21. The van der Waals surface area contributed by atoms with Crippen LogP contribution in [0, 0.1) is 0 Å². The molecule has 1 aromatic carbocycles. The fourth-order valence-corrected chi connectivity index (χ4v) is 4.58. The lowest BCUT2D eigenvalue weighted by molar-refractivity contribution is 0.392. The van der Waals surface area contributed by atoms with Gasteiger partial charge in [0.15, 0.2) is 10.8 Å². The SMILES string of the molecule is COc1cc(-c2cn(S(=O)(=O)c3ccccc3)c3ncccc23)nc(SC)n1. The highest BCUT2D eigenvalue weighted by atomic mass is 32.2. The first-order valence-electron chi connectivity index (χ1n) is 8.28. The zero-order chi connectivity index (χ0) is 19.7. The van der Waals surface area contributed by atoms with E-state index in [1.807, 2.05) is 12.3 Å². The first-order chi connectivity index (χ1) is 13.5. The van der Waals surface area contributed by atoms with Crippen LogP contribution in [0.3, 0.4) is 0 Å². The molecule has 0 bridgehead atoms.